The summed E-state index contributed by atoms with van der Waals surface area (Å²) in [7, 11) is 0. The Labute approximate surface area is 147 Å². The lowest BCUT2D eigenvalue weighted by atomic mass is 9.88. The van der Waals surface area contributed by atoms with Gasteiger partial charge >= 0.3 is 0 Å². The van der Waals surface area contributed by atoms with Gasteiger partial charge in [0.25, 0.3) is 0 Å². The minimum atomic E-state index is 0.118. The molecular weight excluding hydrogens is 310 g/mol. The van der Waals surface area contributed by atoms with E-state index in [2.05, 4.69) is 5.32 Å². The molecule has 0 spiro atoms. The van der Waals surface area contributed by atoms with Gasteiger partial charge in [-0.1, -0.05) is 55.7 Å². The molecule has 0 unspecified atom stereocenters. The van der Waals surface area contributed by atoms with Crippen molar-refractivity contribution in [2.75, 3.05) is 5.32 Å². The summed E-state index contributed by atoms with van der Waals surface area (Å²) in [5.41, 5.74) is 3.83. The third-order valence-corrected chi connectivity index (χ3v) is 5.03. The van der Waals surface area contributed by atoms with Gasteiger partial charge in [-0.15, -0.1) is 0 Å². The number of hydrogen-bond acceptors (Lipinski definition) is 2. The molecule has 3 aromatic rings. The summed E-state index contributed by atoms with van der Waals surface area (Å²) in [6, 6.07) is 14.1. The standard InChI is InChI=1S/C21H23N3O/c1-15-12-13-18-22-19(16-8-4-2-5-9-16)20(24(18)14-15)23-21(25)17-10-6-3-7-11-17/h2,4-5,8-9,12-14,17H,3,6-7,10-11H2,1H3,(H,23,25). The Balaban J connectivity index is 1.77. The van der Waals surface area contributed by atoms with E-state index >= 15 is 0 Å². The molecule has 1 fully saturated rings. The van der Waals surface area contributed by atoms with Gasteiger partial charge in [-0.25, -0.2) is 4.98 Å². The van der Waals surface area contributed by atoms with Crippen molar-refractivity contribution in [3.63, 3.8) is 0 Å². The Morgan fingerprint density at radius 3 is 2.60 bits per heavy atom. The molecule has 2 heterocycles. The first kappa shape index (κ1) is 15.9. The number of fused-ring (bicyclic) bond motifs is 1. The Hall–Kier alpha value is -2.62. The maximum Gasteiger partial charge on any atom is 0.228 e. The highest BCUT2D eigenvalue weighted by molar-refractivity contribution is 5.96. The number of amides is 1. The van der Waals surface area contributed by atoms with E-state index in [4.69, 9.17) is 4.98 Å². The van der Waals surface area contributed by atoms with Crippen molar-refractivity contribution in [3.8, 4) is 11.3 Å². The van der Waals surface area contributed by atoms with E-state index in [0.29, 0.717) is 0 Å². The molecule has 1 aliphatic rings. The van der Waals surface area contributed by atoms with E-state index in [1.54, 1.807) is 0 Å². The number of imidazole rings is 1. The van der Waals surface area contributed by atoms with Gasteiger partial charge in [0, 0.05) is 17.7 Å². The predicted octanol–water partition coefficient (Wildman–Crippen LogP) is 4.83. The normalized spacial score (nSPS) is 15.4. The van der Waals surface area contributed by atoms with Gasteiger partial charge < -0.3 is 5.32 Å². The second-order valence-corrected chi connectivity index (χ2v) is 6.93. The highest BCUT2D eigenvalue weighted by Gasteiger charge is 2.24. The average molecular weight is 333 g/mol. The van der Waals surface area contributed by atoms with Crippen LogP contribution in [0.4, 0.5) is 5.82 Å². The summed E-state index contributed by atoms with van der Waals surface area (Å²) in [4.78, 5) is 17.6. The van der Waals surface area contributed by atoms with Crippen LogP contribution in [0.1, 0.15) is 37.7 Å². The van der Waals surface area contributed by atoms with Gasteiger partial charge in [0.05, 0.1) is 0 Å². The lowest BCUT2D eigenvalue weighted by molar-refractivity contribution is -0.120. The van der Waals surface area contributed by atoms with Crippen LogP contribution in [0.15, 0.2) is 48.7 Å². The molecule has 128 valence electrons. The van der Waals surface area contributed by atoms with Gasteiger partial charge in [0.2, 0.25) is 5.91 Å². The lowest BCUT2D eigenvalue weighted by Crippen LogP contribution is -2.25. The van der Waals surface area contributed by atoms with Crippen LogP contribution >= 0.6 is 0 Å². The van der Waals surface area contributed by atoms with Crippen molar-refractivity contribution in [2.24, 2.45) is 5.92 Å². The Morgan fingerprint density at radius 2 is 1.84 bits per heavy atom. The SMILES string of the molecule is Cc1ccc2nc(-c3ccccc3)c(NC(=O)C3CCCCC3)n2c1. The number of carbonyl (C=O) groups is 1. The molecule has 1 N–H and O–H groups in total. The molecule has 4 nitrogen and oxygen atoms in total. The van der Waals surface area contributed by atoms with Crippen LogP contribution in [0.5, 0.6) is 0 Å². The van der Waals surface area contributed by atoms with E-state index < -0.39 is 0 Å². The molecule has 0 bridgehead atoms. The van der Waals surface area contributed by atoms with Crippen LogP contribution in [0.3, 0.4) is 0 Å². The number of pyridine rings is 1. The second-order valence-electron chi connectivity index (χ2n) is 6.93. The molecule has 0 aliphatic heterocycles. The fourth-order valence-electron chi connectivity index (χ4n) is 3.65. The van der Waals surface area contributed by atoms with Crippen LogP contribution in [0.25, 0.3) is 16.9 Å². The number of nitrogens with one attached hydrogen (secondary N) is 1. The minimum absolute atomic E-state index is 0.118. The fourth-order valence-corrected chi connectivity index (χ4v) is 3.65. The summed E-state index contributed by atoms with van der Waals surface area (Å²) in [6.07, 6.45) is 7.55. The Kier molecular flexibility index (Phi) is 4.26. The highest BCUT2D eigenvalue weighted by Crippen LogP contribution is 2.31. The number of aromatic nitrogens is 2. The number of rotatable bonds is 3. The zero-order chi connectivity index (χ0) is 17.2. The van der Waals surface area contributed by atoms with E-state index in [-0.39, 0.29) is 11.8 Å². The first-order chi connectivity index (χ1) is 12.2. The van der Waals surface area contributed by atoms with Gasteiger partial charge in [-0.3, -0.25) is 9.20 Å². The van der Waals surface area contributed by atoms with Crippen molar-refractivity contribution in [1.29, 1.82) is 0 Å². The lowest BCUT2D eigenvalue weighted by Gasteiger charge is -2.21. The summed E-state index contributed by atoms with van der Waals surface area (Å²) in [5, 5.41) is 3.19. The minimum Gasteiger partial charge on any atom is -0.310 e. The van der Waals surface area contributed by atoms with Crippen molar-refractivity contribution in [2.45, 2.75) is 39.0 Å². The predicted molar refractivity (Wildman–Crippen MR) is 101 cm³/mol. The summed E-state index contributed by atoms with van der Waals surface area (Å²) in [6.45, 7) is 2.05. The maximum atomic E-state index is 12.8. The second kappa shape index (κ2) is 6.71. The highest BCUT2D eigenvalue weighted by atomic mass is 16.2. The number of nitrogens with zero attached hydrogens (tertiary/aromatic N) is 2. The third kappa shape index (κ3) is 3.16. The summed E-state index contributed by atoms with van der Waals surface area (Å²) >= 11 is 0. The molecule has 1 amide bonds. The smallest absolute Gasteiger partial charge is 0.228 e. The van der Waals surface area contributed by atoms with Crippen LogP contribution in [-0.4, -0.2) is 15.3 Å². The van der Waals surface area contributed by atoms with E-state index in [1.807, 2.05) is 60.0 Å². The first-order valence-corrected chi connectivity index (χ1v) is 9.07. The largest absolute Gasteiger partial charge is 0.310 e. The number of benzene rings is 1. The number of anilines is 1. The Morgan fingerprint density at radius 1 is 1.08 bits per heavy atom. The zero-order valence-corrected chi connectivity index (χ0v) is 14.5. The molecule has 2 aromatic heterocycles. The topological polar surface area (TPSA) is 46.4 Å². The summed E-state index contributed by atoms with van der Waals surface area (Å²) in [5.74, 6) is 1.02. The first-order valence-electron chi connectivity index (χ1n) is 9.07. The van der Waals surface area contributed by atoms with Crippen molar-refractivity contribution < 1.29 is 4.79 Å². The molecule has 0 radical (unpaired) electrons. The monoisotopic (exact) mass is 333 g/mol. The van der Waals surface area contributed by atoms with Crippen LogP contribution in [0, 0.1) is 12.8 Å². The van der Waals surface area contributed by atoms with Crippen LogP contribution in [-0.2, 0) is 4.79 Å². The molecule has 0 saturated heterocycles. The molecule has 25 heavy (non-hydrogen) atoms. The molecule has 0 atom stereocenters. The van der Waals surface area contributed by atoms with Crippen molar-refractivity contribution in [3.05, 3.63) is 54.2 Å². The van der Waals surface area contributed by atoms with E-state index in [9.17, 15) is 4.79 Å². The van der Waals surface area contributed by atoms with Crippen molar-refractivity contribution >= 4 is 17.4 Å². The van der Waals surface area contributed by atoms with Gasteiger partial charge in [-0.05, 0) is 31.4 Å². The molecule has 1 aliphatic carbocycles. The number of aryl methyl sites for hydroxylation is 1. The number of hydrogen-bond donors (Lipinski definition) is 1. The summed E-state index contributed by atoms with van der Waals surface area (Å²) < 4.78 is 2.00. The number of carbonyl (C=O) groups excluding carboxylic acids is 1. The van der Waals surface area contributed by atoms with Crippen molar-refractivity contribution in [1.82, 2.24) is 9.38 Å². The molecular formula is C21H23N3O. The fraction of sp³-hybridized carbons (Fsp3) is 0.333. The van der Waals surface area contributed by atoms with E-state index in [0.717, 1.165) is 54.0 Å². The molecule has 1 aromatic carbocycles. The zero-order valence-electron chi connectivity index (χ0n) is 14.5. The van der Waals surface area contributed by atoms with Crippen LogP contribution < -0.4 is 5.32 Å². The van der Waals surface area contributed by atoms with Crippen LogP contribution in [0.2, 0.25) is 0 Å². The molecule has 1 saturated carbocycles. The van der Waals surface area contributed by atoms with E-state index in [1.165, 1.54) is 6.42 Å². The third-order valence-electron chi connectivity index (χ3n) is 5.03. The molecule has 4 heteroatoms. The maximum absolute atomic E-state index is 12.8. The molecule has 4 rings (SSSR count). The van der Waals surface area contributed by atoms with Gasteiger partial charge in [0.1, 0.15) is 17.2 Å². The quantitative estimate of drug-likeness (QED) is 0.746. The Bertz CT molecular complexity index is 892. The van der Waals surface area contributed by atoms with Gasteiger partial charge in [-0.2, -0.15) is 0 Å². The van der Waals surface area contributed by atoms with Gasteiger partial charge in [0.15, 0.2) is 0 Å². The average Bonchev–Trinajstić information content (AvgIpc) is 3.01.